The molecule has 4 nitrogen and oxygen atoms in total. The van der Waals surface area contributed by atoms with E-state index >= 15 is 0 Å². The molecule has 1 rings (SSSR count). The SMILES string of the molecule is CCC(C)CC(C)NS(=O)(=O)c1cc(CO)cc(C)c1C. The van der Waals surface area contributed by atoms with Crippen LogP contribution < -0.4 is 4.72 Å². The Labute approximate surface area is 128 Å². The van der Waals surface area contributed by atoms with Gasteiger partial charge in [0.1, 0.15) is 0 Å². The van der Waals surface area contributed by atoms with Crippen LogP contribution in [0.25, 0.3) is 0 Å². The lowest BCUT2D eigenvalue weighted by Crippen LogP contribution is -2.34. The summed E-state index contributed by atoms with van der Waals surface area (Å²) in [6.07, 6.45) is 1.84. The van der Waals surface area contributed by atoms with E-state index in [4.69, 9.17) is 0 Å². The summed E-state index contributed by atoms with van der Waals surface area (Å²) in [5.41, 5.74) is 2.22. The van der Waals surface area contributed by atoms with E-state index in [1.807, 2.05) is 19.9 Å². The van der Waals surface area contributed by atoms with Crippen LogP contribution in [0.2, 0.25) is 0 Å². The van der Waals surface area contributed by atoms with Crippen molar-refractivity contribution < 1.29 is 13.5 Å². The average molecular weight is 313 g/mol. The highest BCUT2D eigenvalue weighted by Gasteiger charge is 2.21. The highest BCUT2D eigenvalue weighted by atomic mass is 32.2. The summed E-state index contributed by atoms with van der Waals surface area (Å²) in [7, 11) is -3.56. The van der Waals surface area contributed by atoms with Gasteiger partial charge in [-0.15, -0.1) is 0 Å². The summed E-state index contributed by atoms with van der Waals surface area (Å²) < 4.78 is 27.9. The minimum atomic E-state index is -3.56. The van der Waals surface area contributed by atoms with Crippen molar-refractivity contribution in [3.63, 3.8) is 0 Å². The first-order valence-corrected chi connectivity index (χ1v) is 8.92. The van der Waals surface area contributed by atoms with Crippen molar-refractivity contribution in [2.24, 2.45) is 5.92 Å². The molecule has 0 heterocycles. The molecule has 0 aliphatic carbocycles. The fraction of sp³-hybridized carbons (Fsp3) is 0.625. The van der Waals surface area contributed by atoms with E-state index in [2.05, 4.69) is 18.6 Å². The van der Waals surface area contributed by atoms with E-state index < -0.39 is 10.0 Å². The van der Waals surface area contributed by atoms with Crippen LogP contribution in [0.15, 0.2) is 17.0 Å². The van der Waals surface area contributed by atoms with E-state index in [1.165, 1.54) is 0 Å². The third-order valence-electron chi connectivity index (χ3n) is 3.96. The molecule has 0 radical (unpaired) electrons. The minimum Gasteiger partial charge on any atom is -0.392 e. The normalized spacial score (nSPS) is 15.0. The highest BCUT2D eigenvalue weighted by Crippen LogP contribution is 2.22. The molecule has 0 aliphatic heterocycles. The van der Waals surface area contributed by atoms with Crippen LogP contribution in [0.4, 0.5) is 0 Å². The molecule has 1 aromatic rings. The molecular formula is C16H27NO3S. The van der Waals surface area contributed by atoms with Gasteiger partial charge in [0.25, 0.3) is 0 Å². The van der Waals surface area contributed by atoms with Crippen LogP contribution in [0, 0.1) is 19.8 Å². The molecule has 1 aromatic carbocycles. The van der Waals surface area contributed by atoms with Crippen molar-refractivity contribution in [3.05, 3.63) is 28.8 Å². The van der Waals surface area contributed by atoms with Gasteiger partial charge in [0.2, 0.25) is 10.0 Å². The third kappa shape index (κ3) is 4.80. The molecule has 5 heteroatoms. The van der Waals surface area contributed by atoms with Crippen molar-refractivity contribution in [1.29, 1.82) is 0 Å². The fourth-order valence-corrected chi connectivity index (χ4v) is 4.04. The number of sulfonamides is 1. The molecule has 0 fully saturated rings. The quantitative estimate of drug-likeness (QED) is 0.813. The smallest absolute Gasteiger partial charge is 0.241 e. The Morgan fingerprint density at radius 1 is 1.24 bits per heavy atom. The van der Waals surface area contributed by atoms with Crippen LogP contribution in [0.3, 0.4) is 0 Å². The summed E-state index contributed by atoms with van der Waals surface area (Å²) in [6, 6.07) is 3.26. The van der Waals surface area contributed by atoms with Gasteiger partial charge in [-0.2, -0.15) is 0 Å². The lowest BCUT2D eigenvalue weighted by atomic mass is 10.0. The van der Waals surface area contributed by atoms with E-state index in [1.54, 1.807) is 13.0 Å². The standard InChI is InChI=1S/C16H27NO3S/c1-6-11(2)7-13(4)17-21(19,20)16-9-15(10-18)8-12(3)14(16)5/h8-9,11,13,17-18H,6-7,10H2,1-5H3. The van der Waals surface area contributed by atoms with Crippen molar-refractivity contribution in [3.8, 4) is 0 Å². The Kier molecular flexibility index (Phi) is 6.38. The average Bonchev–Trinajstić information content (AvgIpc) is 2.40. The van der Waals surface area contributed by atoms with Gasteiger partial charge in [0, 0.05) is 6.04 Å². The van der Waals surface area contributed by atoms with E-state index in [-0.39, 0.29) is 17.5 Å². The monoisotopic (exact) mass is 313 g/mol. The first kappa shape index (κ1) is 18.1. The van der Waals surface area contributed by atoms with Gasteiger partial charge in [0.05, 0.1) is 11.5 Å². The molecule has 0 spiro atoms. The second kappa shape index (κ2) is 7.38. The van der Waals surface area contributed by atoms with Gasteiger partial charge < -0.3 is 5.11 Å². The number of aliphatic hydroxyl groups excluding tert-OH is 1. The molecule has 2 unspecified atom stereocenters. The molecule has 0 saturated carbocycles. The Hall–Kier alpha value is -0.910. The maximum Gasteiger partial charge on any atom is 0.241 e. The lowest BCUT2D eigenvalue weighted by Gasteiger charge is -2.19. The van der Waals surface area contributed by atoms with E-state index in [0.29, 0.717) is 11.5 Å². The molecule has 2 N–H and O–H groups in total. The summed E-state index contributed by atoms with van der Waals surface area (Å²) >= 11 is 0. The zero-order chi connectivity index (χ0) is 16.2. The molecular weight excluding hydrogens is 286 g/mol. The maximum atomic E-state index is 12.6. The highest BCUT2D eigenvalue weighted by molar-refractivity contribution is 7.89. The van der Waals surface area contributed by atoms with Crippen molar-refractivity contribution in [1.82, 2.24) is 4.72 Å². The zero-order valence-corrected chi connectivity index (χ0v) is 14.4. The molecule has 0 bridgehead atoms. The van der Waals surface area contributed by atoms with E-state index in [0.717, 1.165) is 24.0 Å². The summed E-state index contributed by atoms with van der Waals surface area (Å²) in [5.74, 6) is 0.481. The number of aryl methyl sites for hydroxylation is 1. The predicted molar refractivity (Wildman–Crippen MR) is 85.7 cm³/mol. The summed E-state index contributed by atoms with van der Waals surface area (Å²) in [5, 5.41) is 9.26. The second-order valence-corrected chi connectivity index (χ2v) is 7.65. The maximum absolute atomic E-state index is 12.6. The summed E-state index contributed by atoms with van der Waals surface area (Å²) in [4.78, 5) is 0.266. The van der Waals surface area contributed by atoms with Crippen LogP contribution in [-0.4, -0.2) is 19.6 Å². The first-order chi connectivity index (χ1) is 9.71. The van der Waals surface area contributed by atoms with Gasteiger partial charge >= 0.3 is 0 Å². The van der Waals surface area contributed by atoms with Gasteiger partial charge in [0.15, 0.2) is 0 Å². The number of nitrogens with one attached hydrogen (secondary N) is 1. The number of benzene rings is 1. The van der Waals surface area contributed by atoms with Crippen LogP contribution in [0.5, 0.6) is 0 Å². The Morgan fingerprint density at radius 3 is 2.38 bits per heavy atom. The third-order valence-corrected chi connectivity index (χ3v) is 5.68. The molecule has 0 aliphatic rings. The first-order valence-electron chi connectivity index (χ1n) is 7.44. The minimum absolute atomic E-state index is 0.109. The number of hydrogen-bond acceptors (Lipinski definition) is 3. The molecule has 2 atom stereocenters. The van der Waals surface area contributed by atoms with Crippen LogP contribution in [0.1, 0.15) is 50.3 Å². The summed E-state index contributed by atoms with van der Waals surface area (Å²) in [6.45, 7) is 9.60. The topological polar surface area (TPSA) is 66.4 Å². The van der Waals surface area contributed by atoms with Gasteiger partial charge in [-0.05, 0) is 55.9 Å². The zero-order valence-electron chi connectivity index (χ0n) is 13.6. The fourth-order valence-electron chi connectivity index (χ4n) is 2.42. The molecule has 0 amide bonds. The number of hydrogen-bond donors (Lipinski definition) is 2. The molecule has 0 saturated heterocycles. The van der Waals surface area contributed by atoms with Crippen molar-refractivity contribution >= 4 is 10.0 Å². The Bertz CT molecular complexity index is 581. The molecule has 120 valence electrons. The van der Waals surface area contributed by atoms with Gasteiger partial charge in [-0.1, -0.05) is 26.3 Å². The van der Waals surface area contributed by atoms with Crippen molar-refractivity contribution in [2.45, 2.75) is 65.0 Å². The van der Waals surface area contributed by atoms with Gasteiger partial charge in [-0.25, -0.2) is 13.1 Å². The van der Waals surface area contributed by atoms with Gasteiger partial charge in [-0.3, -0.25) is 0 Å². The molecule has 21 heavy (non-hydrogen) atoms. The van der Waals surface area contributed by atoms with Crippen LogP contribution in [-0.2, 0) is 16.6 Å². The Balaban J connectivity index is 3.05. The van der Waals surface area contributed by atoms with E-state index in [9.17, 15) is 13.5 Å². The van der Waals surface area contributed by atoms with Crippen molar-refractivity contribution in [2.75, 3.05) is 0 Å². The van der Waals surface area contributed by atoms with Crippen LogP contribution >= 0.6 is 0 Å². The number of rotatable bonds is 7. The molecule has 0 aromatic heterocycles. The number of aliphatic hydroxyl groups is 1. The lowest BCUT2D eigenvalue weighted by molar-refractivity contribution is 0.281. The second-order valence-electron chi connectivity index (χ2n) is 5.97. The predicted octanol–water partition coefficient (Wildman–Crippen LogP) is 2.90. The largest absolute Gasteiger partial charge is 0.392 e. The Morgan fingerprint density at radius 2 is 1.86 bits per heavy atom.